The quantitative estimate of drug-likeness (QED) is 0.721. The summed E-state index contributed by atoms with van der Waals surface area (Å²) >= 11 is 1.81. The van der Waals surface area contributed by atoms with Crippen LogP contribution in [0, 0.1) is 11.3 Å². The molecule has 0 spiro atoms. The summed E-state index contributed by atoms with van der Waals surface area (Å²) in [4.78, 5) is 19.6. The van der Waals surface area contributed by atoms with Crippen LogP contribution in [-0.2, 0) is 20.8 Å². The molecule has 0 aromatic carbocycles. The van der Waals surface area contributed by atoms with E-state index in [0.29, 0.717) is 18.6 Å². The summed E-state index contributed by atoms with van der Waals surface area (Å²) in [5.74, 6) is 0.490. The Hall–Kier alpha value is -0.950. The van der Waals surface area contributed by atoms with E-state index in [1.165, 1.54) is 4.88 Å². The highest BCUT2D eigenvalue weighted by Crippen LogP contribution is 2.48. The first-order chi connectivity index (χ1) is 13.2. The fourth-order valence-corrected chi connectivity index (χ4v) is 6.11. The van der Waals surface area contributed by atoms with Gasteiger partial charge in [-0.3, -0.25) is 14.6 Å². The number of carbonyl (C=O) groups excluding carboxylic acids is 1. The minimum atomic E-state index is -0.311. The minimum Gasteiger partial charge on any atom is -0.466 e. The van der Waals surface area contributed by atoms with Crippen molar-refractivity contribution in [1.82, 2.24) is 9.80 Å². The lowest BCUT2D eigenvalue weighted by Gasteiger charge is -2.52. The lowest BCUT2D eigenvalue weighted by atomic mass is 9.61. The van der Waals surface area contributed by atoms with Gasteiger partial charge in [0.25, 0.3) is 0 Å². The van der Waals surface area contributed by atoms with Crippen molar-refractivity contribution in [2.45, 2.75) is 45.2 Å². The maximum absolute atomic E-state index is 13.1. The number of piperidine rings is 1. The van der Waals surface area contributed by atoms with Crippen LogP contribution in [0.4, 0.5) is 0 Å². The Bertz CT molecular complexity index is 617. The first kappa shape index (κ1) is 19.4. The van der Waals surface area contributed by atoms with E-state index in [4.69, 9.17) is 9.47 Å². The molecule has 27 heavy (non-hydrogen) atoms. The van der Waals surface area contributed by atoms with Crippen molar-refractivity contribution >= 4 is 17.3 Å². The molecule has 0 bridgehead atoms. The molecule has 1 aromatic heterocycles. The fourth-order valence-electron chi connectivity index (χ4n) is 5.36. The zero-order valence-corrected chi connectivity index (χ0v) is 17.2. The summed E-state index contributed by atoms with van der Waals surface area (Å²) in [5.41, 5.74) is -0.311. The first-order valence-corrected chi connectivity index (χ1v) is 11.3. The molecular weight excluding hydrogens is 360 g/mol. The molecule has 2 saturated heterocycles. The molecule has 3 heterocycles. The van der Waals surface area contributed by atoms with Crippen LogP contribution < -0.4 is 0 Å². The third-order valence-electron chi connectivity index (χ3n) is 6.76. The number of nitrogens with zero attached hydrogens (tertiary/aromatic N) is 2. The Morgan fingerprint density at radius 2 is 2.19 bits per heavy atom. The highest BCUT2D eigenvalue weighted by Gasteiger charge is 2.53. The van der Waals surface area contributed by atoms with Crippen LogP contribution >= 0.6 is 11.3 Å². The highest BCUT2D eigenvalue weighted by molar-refractivity contribution is 7.09. The van der Waals surface area contributed by atoms with E-state index in [2.05, 4.69) is 27.3 Å². The van der Waals surface area contributed by atoms with Gasteiger partial charge in [-0.15, -0.1) is 11.3 Å². The highest BCUT2D eigenvalue weighted by atomic mass is 32.1. The average Bonchev–Trinajstić information content (AvgIpc) is 3.21. The number of esters is 1. The standard InChI is InChI=1S/C21H32N2O3S/c1-2-26-20(24)21-7-5-18(23-9-11-25-12-10-23)14-17(21)6-8-22(16-21)15-19-4-3-13-27-19/h3-4,13,17-18H,2,5-12,14-16H2,1H3/t17-,18-,21-/m1/s1. The number of morpholine rings is 1. The Labute approximate surface area is 166 Å². The van der Waals surface area contributed by atoms with Gasteiger partial charge in [-0.05, 0) is 56.5 Å². The van der Waals surface area contributed by atoms with Gasteiger partial charge in [0.05, 0.1) is 25.2 Å². The summed E-state index contributed by atoms with van der Waals surface area (Å²) in [6, 6.07) is 4.91. The molecule has 1 saturated carbocycles. The second-order valence-corrected chi connectivity index (χ2v) is 9.26. The summed E-state index contributed by atoms with van der Waals surface area (Å²) in [5, 5.41) is 2.14. The summed E-state index contributed by atoms with van der Waals surface area (Å²) in [7, 11) is 0. The first-order valence-electron chi connectivity index (χ1n) is 10.4. The number of ether oxygens (including phenoxy) is 2. The number of hydrogen-bond acceptors (Lipinski definition) is 6. The second-order valence-electron chi connectivity index (χ2n) is 8.23. The SMILES string of the molecule is CCOC(=O)[C@@]12CC[C@@H](N3CCOCC3)C[C@H]1CCN(Cc1cccs1)C2. The predicted molar refractivity (Wildman–Crippen MR) is 107 cm³/mol. The van der Waals surface area contributed by atoms with Gasteiger partial charge in [-0.25, -0.2) is 0 Å². The Morgan fingerprint density at radius 3 is 2.93 bits per heavy atom. The van der Waals surface area contributed by atoms with Gasteiger partial charge in [0, 0.05) is 37.1 Å². The van der Waals surface area contributed by atoms with Gasteiger partial charge in [0.2, 0.25) is 0 Å². The molecule has 0 radical (unpaired) electrons. The van der Waals surface area contributed by atoms with E-state index in [1.807, 2.05) is 6.92 Å². The van der Waals surface area contributed by atoms with Crippen LogP contribution in [0.15, 0.2) is 17.5 Å². The third kappa shape index (κ3) is 4.09. The van der Waals surface area contributed by atoms with E-state index >= 15 is 0 Å². The van der Waals surface area contributed by atoms with Crippen molar-refractivity contribution in [2.75, 3.05) is 46.0 Å². The molecule has 3 fully saturated rings. The van der Waals surface area contributed by atoms with Crippen molar-refractivity contribution in [3.63, 3.8) is 0 Å². The van der Waals surface area contributed by atoms with Gasteiger partial charge in [-0.2, -0.15) is 0 Å². The van der Waals surface area contributed by atoms with Crippen molar-refractivity contribution in [2.24, 2.45) is 11.3 Å². The van der Waals surface area contributed by atoms with Crippen LogP contribution in [0.25, 0.3) is 0 Å². The van der Waals surface area contributed by atoms with Crippen LogP contribution in [0.2, 0.25) is 0 Å². The van der Waals surface area contributed by atoms with Gasteiger partial charge in [0.15, 0.2) is 0 Å². The molecule has 0 N–H and O–H groups in total. The molecule has 1 aliphatic carbocycles. The Morgan fingerprint density at radius 1 is 1.33 bits per heavy atom. The van der Waals surface area contributed by atoms with Crippen LogP contribution in [0.5, 0.6) is 0 Å². The molecule has 6 heteroatoms. The summed E-state index contributed by atoms with van der Waals surface area (Å²) < 4.78 is 11.1. The van der Waals surface area contributed by atoms with Crippen LogP contribution in [-0.4, -0.2) is 67.8 Å². The zero-order chi connectivity index (χ0) is 18.7. The monoisotopic (exact) mass is 392 g/mol. The lowest BCUT2D eigenvalue weighted by molar-refractivity contribution is -0.170. The van der Waals surface area contributed by atoms with E-state index in [1.54, 1.807) is 11.3 Å². The van der Waals surface area contributed by atoms with Crippen LogP contribution in [0.1, 0.15) is 37.5 Å². The van der Waals surface area contributed by atoms with Crippen LogP contribution in [0.3, 0.4) is 0 Å². The zero-order valence-electron chi connectivity index (χ0n) is 16.4. The molecular formula is C21H32N2O3S. The normalized spacial score (nSPS) is 32.8. The molecule has 3 atom stereocenters. The van der Waals surface area contributed by atoms with Crippen molar-refractivity contribution < 1.29 is 14.3 Å². The van der Waals surface area contributed by atoms with Gasteiger partial charge < -0.3 is 9.47 Å². The van der Waals surface area contributed by atoms with Crippen molar-refractivity contribution in [1.29, 1.82) is 0 Å². The lowest BCUT2D eigenvalue weighted by Crippen LogP contribution is -2.58. The van der Waals surface area contributed by atoms with Gasteiger partial charge in [0.1, 0.15) is 0 Å². The summed E-state index contributed by atoms with van der Waals surface area (Å²) in [6.45, 7) is 9.06. The summed E-state index contributed by atoms with van der Waals surface area (Å²) in [6.07, 6.45) is 4.29. The molecule has 0 amide bonds. The van der Waals surface area contributed by atoms with Gasteiger partial charge in [-0.1, -0.05) is 6.07 Å². The maximum atomic E-state index is 13.1. The molecule has 3 aliphatic rings. The molecule has 4 rings (SSSR count). The van der Waals surface area contributed by atoms with Crippen molar-refractivity contribution in [3.8, 4) is 0 Å². The number of hydrogen-bond donors (Lipinski definition) is 0. The number of rotatable bonds is 5. The topological polar surface area (TPSA) is 42.0 Å². The van der Waals surface area contributed by atoms with E-state index in [9.17, 15) is 4.79 Å². The molecule has 5 nitrogen and oxygen atoms in total. The molecule has 150 valence electrons. The number of thiophene rings is 1. The number of carbonyl (C=O) groups is 1. The van der Waals surface area contributed by atoms with Crippen molar-refractivity contribution in [3.05, 3.63) is 22.4 Å². The van der Waals surface area contributed by atoms with Gasteiger partial charge >= 0.3 is 5.97 Å². The second kappa shape index (κ2) is 8.60. The number of fused-ring (bicyclic) bond motifs is 1. The predicted octanol–water partition coefficient (Wildman–Crippen LogP) is 3.00. The minimum absolute atomic E-state index is 0.0475. The number of likely N-dealkylation sites (tertiary alicyclic amines) is 1. The fraction of sp³-hybridized carbons (Fsp3) is 0.762. The third-order valence-corrected chi connectivity index (χ3v) is 7.63. The van der Waals surface area contributed by atoms with E-state index in [0.717, 1.165) is 71.6 Å². The molecule has 1 aromatic rings. The molecule has 0 unspecified atom stereocenters. The Kier molecular flexibility index (Phi) is 6.17. The molecule has 2 aliphatic heterocycles. The largest absolute Gasteiger partial charge is 0.466 e. The average molecular weight is 393 g/mol. The smallest absolute Gasteiger partial charge is 0.313 e. The van der Waals surface area contributed by atoms with E-state index < -0.39 is 0 Å². The van der Waals surface area contributed by atoms with E-state index in [-0.39, 0.29) is 11.4 Å². The maximum Gasteiger partial charge on any atom is 0.313 e. The Balaban J connectivity index is 1.48.